The number of likely N-dealkylation sites (N-methyl/N-ethyl adjacent to an activating group) is 1. The number of hydrogen-bond donors (Lipinski definition) is 1. The molecule has 0 bridgehead atoms. The Morgan fingerprint density at radius 1 is 1.14 bits per heavy atom. The Labute approximate surface area is 126 Å². The lowest BCUT2D eigenvalue weighted by Crippen LogP contribution is -2.47. The second-order valence-electron chi connectivity index (χ2n) is 5.88. The summed E-state index contributed by atoms with van der Waals surface area (Å²) in [7, 11) is -3.92. The number of aliphatic hydroxyl groups excluding tert-OH is 1. The Morgan fingerprint density at radius 2 is 1.55 bits per heavy atom. The monoisotopic (exact) mass is 343 g/mol. The predicted octanol–water partition coefficient (Wildman–Crippen LogP) is 2.27. The molecule has 22 heavy (non-hydrogen) atoms. The van der Waals surface area contributed by atoms with Gasteiger partial charge in [-0.1, -0.05) is 20.8 Å². The van der Waals surface area contributed by atoms with Gasteiger partial charge >= 0.3 is 0 Å². The molecule has 1 aromatic rings. The van der Waals surface area contributed by atoms with Gasteiger partial charge in [-0.15, -0.1) is 0 Å². The van der Waals surface area contributed by atoms with Gasteiger partial charge in [0.05, 0.1) is 12.6 Å². The van der Waals surface area contributed by atoms with Gasteiger partial charge < -0.3 is 5.11 Å². The molecule has 1 N–H and O–H groups in total. The smallest absolute Gasteiger partial charge is 0.249 e. The average molecular weight is 343 g/mol. The number of halogens is 4. The van der Waals surface area contributed by atoms with Gasteiger partial charge in [0.2, 0.25) is 10.0 Å². The topological polar surface area (TPSA) is 57.6 Å². The van der Waals surface area contributed by atoms with Crippen molar-refractivity contribution in [2.24, 2.45) is 5.41 Å². The van der Waals surface area contributed by atoms with Gasteiger partial charge in [0.15, 0.2) is 28.2 Å². The first kappa shape index (κ1) is 18.9. The quantitative estimate of drug-likeness (QED) is 0.674. The number of benzene rings is 1. The van der Waals surface area contributed by atoms with Gasteiger partial charge in [-0.05, 0) is 5.41 Å². The standard InChI is InChI=1S/C13H17F4NO3S/c1-13(2,3)9(6-19)18(4)22(20,21)12-10(16)7(14)5-8(15)11(12)17/h5,9,19H,6H2,1-4H3. The molecule has 0 aliphatic rings. The fourth-order valence-corrected chi connectivity index (χ4v) is 3.68. The van der Waals surface area contributed by atoms with E-state index in [4.69, 9.17) is 0 Å². The fourth-order valence-electron chi connectivity index (χ4n) is 2.02. The minimum Gasteiger partial charge on any atom is -0.395 e. The first-order valence-corrected chi connectivity index (χ1v) is 7.71. The minimum absolute atomic E-state index is 0.0724. The van der Waals surface area contributed by atoms with Crippen LogP contribution in [0.15, 0.2) is 11.0 Å². The van der Waals surface area contributed by atoms with Crippen LogP contribution >= 0.6 is 0 Å². The van der Waals surface area contributed by atoms with Crippen LogP contribution in [-0.2, 0) is 10.0 Å². The molecule has 0 heterocycles. The lowest BCUT2D eigenvalue weighted by Gasteiger charge is -2.35. The number of aliphatic hydroxyl groups is 1. The van der Waals surface area contributed by atoms with E-state index in [0.717, 1.165) is 7.05 Å². The third-order valence-electron chi connectivity index (χ3n) is 3.32. The Balaban J connectivity index is 3.55. The SMILES string of the molecule is CN(C(CO)C(C)(C)C)S(=O)(=O)c1c(F)c(F)cc(F)c1F. The second kappa shape index (κ2) is 6.13. The largest absolute Gasteiger partial charge is 0.395 e. The van der Waals surface area contributed by atoms with E-state index in [1.54, 1.807) is 20.8 Å². The van der Waals surface area contributed by atoms with Gasteiger partial charge in [0, 0.05) is 13.1 Å². The van der Waals surface area contributed by atoms with E-state index in [2.05, 4.69) is 0 Å². The lowest BCUT2D eigenvalue weighted by molar-refractivity contribution is 0.114. The zero-order chi connectivity index (χ0) is 17.5. The predicted molar refractivity (Wildman–Crippen MR) is 71.6 cm³/mol. The van der Waals surface area contributed by atoms with Crippen LogP contribution in [0, 0.1) is 28.7 Å². The van der Waals surface area contributed by atoms with Gasteiger partial charge in [0.25, 0.3) is 0 Å². The van der Waals surface area contributed by atoms with Crippen LogP contribution in [0.25, 0.3) is 0 Å². The van der Waals surface area contributed by atoms with Gasteiger partial charge in [-0.25, -0.2) is 26.0 Å². The minimum atomic E-state index is -4.90. The highest BCUT2D eigenvalue weighted by Gasteiger charge is 2.39. The molecule has 0 amide bonds. The van der Waals surface area contributed by atoms with Crippen LogP contribution in [-0.4, -0.2) is 37.5 Å². The maximum Gasteiger partial charge on any atom is 0.249 e. The van der Waals surface area contributed by atoms with Crippen molar-refractivity contribution in [3.63, 3.8) is 0 Å². The highest BCUT2D eigenvalue weighted by Crippen LogP contribution is 2.31. The highest BCUT2D eigenvalue weighted by molar-refractivity contribution is 7.89. The van der Waals surface area contributed by atoms with Crippen LogP contribution < -0.4 is 0 Å². The molecule has 4 nitrogen and oxygen atoms in total. The van der Waals surface area contributed by atoms with E-state index in [1.165, 1.54) is 0 Å². The number of hydrogen-bond acceptors (Lipinski definition) is 3. The number of nitrogens with zero attached hydrogens (tertiary/aromatic N) is 1. The molecule has 9 heteroatoms. The van der Waals surface area contributed by atoms with Gasteiger partial charge in [-0.3, -0.25) is 0 Å². The normalized spacial score (nSPS) is 14.5. The number of rotatable bonds is 4. The zero-order valence-electron chi connectivity index (χ0n) is 12.5. The molecule has 126 valence electrons. The maximum absolute atomic E-state index is 13.7. The van der Waals surface area contributed by atoms with Crippen LogP contribution in [0.1, 0.15) is 20.8 Å². The maximum atomic E-state index is 13.7. The zero-order valence-corrected chi connectivity index (χ0v) is 13.3. The van der Waals surface area contributed by atoms with Crippen molar-refractivity contribution in [2.75, 3.05) is 13.7 Å². The number of sulfonamides is 1. The van der Waals surface area contributed by atoms with Gasteiger partial charge in [-0.2, -0.15) is 4.31 Å². The first-order chi connectivity index (χ1) is 9.85. The average Bonchev–Trinajstić information content (AvgIpc) is 2.35. The fraction of sp³-hybridized carbons (Fsp3) is 0.538. The summed E-state index contributed by atoms with van der Waals surface area (Å²) in [5.41, 5.74) is -0.782. The van der Waals surface area contributed by atoms with Crippen LogP contribution in [0.4, 0.5) is 17.6 Å². The molecule has 0 radical (unpaired) electrons. The van der Waals surface area contributed by atoms with E-state index in [9.17, 15) is 31.1 Å². The van der Waals surface area contributed by atoms with E-state index < -0.39 is 56.3 Å². The third-order valence-corrected chi connectivity index (χ3v) is 5.21. The van der Waals surface area contributed by atoms with Crippen molar-refractivity contribution in [1.29, 1.82) is 0 Å². The molecule has 1 atom stereocenters. The van der Waals surface area contributed by atoms with Crippen molar-refractivity contribution in [2.45, 2.75) is 31.7 Å². The van der Waals surface area contributed by atoms with Crippen LogP contribution in [0.2, 0.25) is 0 Å². The summed E-state index contributed by atoms with van der Waals surface area (Å²) in [5.74, 6) is -7.64. The Hall–Kier alpha value is -1.19. The van der Waals surface area contributed by atoms with Crippen molar-refractivity contribution in [1.82, 2.24) is 4.31 Å². The van der Waals surface area contributed by atoms with E-state index in [0.29, 0.717) is 4.31 Å². The van der Waals surface area contributed by atoms with Crippen LogP contribution in [0.3, 0.4) is 0 Å². The molecule has 1 rings (SSSR count). The van der Waals surface area contributed by atoms with Crippen molar-refractivity contribution < 1.29 is 31.1 Å². The van der Waals surface area contributed by atoms with Crippen LogP contribution in [0.5, 0.6) is 0 Å². The highest BCUT2D eigenvalue weighted by atomic mass is 32.2. The van der Waals surface area contributed by atoms with E-state index in [-0.39, 0.29) is 6.07 Å². The molecule has 1 unspecified atom stereocenters. The molecule has 0 spiro atoms. The summed E-state index contributed by atoms with van der Waals surface area (Å²) < 4.78 is 79.0. The molecule has 1 aromatic carbocycles. The third kappa shape index (κ3) is 3.26. The summed E-state index contributed by atoms with van der Waals surface area (Å²) in [6.07, 6.45) is 0. The Kier molecular flexibility index (Phi) is 5.26. The molecule has 0 aliphatic heterocycles. The second-order valence-corrected chi connectivity index (χ2v) is 7.82. The molecular formula is C13H17F4NO3S. The first-order valence-electron chi connectivity index (χ1n) is 6.27. The van der Waals surface area contributed by atoms with Crippen molar-refractivity contribution >= 4 is 10.0 Å². The summed E-state index contributed by atoms with van der Waals surface area (Å²) in [5, 5.41) is 9.35. The summed E-state index contributed by atoms with van der Waals surface area (Å²) in [6, 6.07) is -1.13. The summed E-state index contributed by atoms with van der Waals surface area (Å²) in [6.45, 7) is 4.15. The Morgan fingerprint density at radius 3 is 1.86 bits per heavy atom. The molecular weight excluding hydrogens is 326 g/mol. The Bertz CT molecular complexity index is 645. The lowest BCUT2D eigenvalue weighted by atomic mass is 9.87. The summed E-state index contributed by atoms with van der Waals surface area (Å²) in [4.78, 5) is -1.71. The van der Waals surface area contributed by atoms with Crippen molar-refractivity contribution in [3.05, 3.63) is 29.3 Å². The van der Waals surface area contributed by atoms with E-state index in [1.807, 2.05) is 0 Å². The molecule has 0 saturated carbocycles. The molecule has 0 saturated heterocycles. The van der Waals surface area contributed by atoms with E-state index >= 15 is 0 Å². The molecule has 0 fully saturated rings. The van der Waals surface area contributed by atoms with Crippen molar-refractivity contribution in [3.8, 4) is 0 Å². The van der Waals surface area contributed by atoms with Gasteiger partial charge in [0.1, 0.15) is 0 Å². The molecule has 0 aliphatic carbocycles. The summed E-state index contributed by atoms with van der Waals surface area (Å²) >= 11 is 0. The molecule has 0 aromatic heterocycles.